The van der Waals surface area contributed by atoms with Gasteiger partial charge < -0.3 is 9.13 Å². The fraction of sp³-hybridized carbons (Fsp3) is 0.733. The van der Waals surface area contributed by atoms with Gasteiger partial charge >= 0.3 is 0 Å². The van der Waals surface area contributed by atoms with Crippen molar-refractivity contribution in [1.82, 2.24) is 9.13 Å². The van der Waals surface area contributed by atoms with Gasteiger partial charge in [0.25, 0.3) is 0 Å². The second-order valence-electron chi connectivity index (χ2n) is 13.2. The lowest BCUT2D eigenvalue weighted by Crippen LogP contribution is -2.47. The number of aromatic nitrogens is 2. The molecule has 180 valence electrons. The zero-order chi connectivity index (χ0) is 22.7. The van der Waals surface area contributed by atoms with E-state index in [4.69, 9.17) is 0 Å². The Morgan fingerprint density at radius 2 is 0.970 bits per heavy atom. The Kier molecular flexibility index (Phi) is 5.71. The fourth-order valence-electron chi connectivity index (χ4n) is 10.8. The summed E-state index contributed by atoms with van der Waals surface area (Å²) in [5.74, 6) is 5.66. The summed E-state index contributed by atoms with van der Waals surface area (Å²) >= 11 is 0. The van der Waals surface area contributed by atoms with Crippen LogP contribution in [0.2, 0.25) is 24.2 Å². The van der Waals surface area contributed by atoms with E-state index in [0.717, 1.165) is 58.7 Å². The summed E-state index contributed by atoms with van der Waals surface area (Å²) in [5.41, 5.74) is 2.05. The van der Waals surface area contributed by atoms with Crippen LogP contribution in [-0.4, -0.2) is 17.2 Å². The minimum Gasteiger partial charge on any atom is -0.351 e. The maximum atomic E-state index is 2.86. The van der Waals surface area contributed by atoms with Crippen LogP contribution < -0.4 is 0 Å². The number of fused-ring (bicyclic) bond motifs is 2. The van der Waals surface area contributed by atoms with Crippen LogP contribution in [0.15, 0.2) is 49.1 Å². The monoisotopic (exact) mass is 462 g/mol. The Labute approximate surface area is 203 Å². The fourth-order valence-corrected chi connectivity index (χ4v) is 17.5. The SMILES string of the molecule is CC1CC2C(CCCC2n2cccc2)C1[Si](C)(C)C1C(C)CC2C1CCCC2n1cccc1. The molecule has 10 atom stereocenters. The van der Waals surface area contributed by atoms with Gasteiger partial charge in [-0.2, -0.15) is 0 Å². The van der Waals surface area contributed by atoms with Crippen molar-refractivity contribution in [2.45, 2.75) is 101 Å². The number of rotatable bonds is 4. The van der Waals surface area contributed by atoms with Crippen molar-refractivity contribution in [3.63, 3.8) is 0 Å². The Bertz CT molecular complexity index is 841. The van der Waals surface area contributed by atoms with Crippen LogP contribution in [0.3, 0.4) is 0 Å². The Balaban J connectivity index is 1.28. The second-order valence-corrected chi connectivity index (χ2v) is 18.2. The van der Waals surface area contributed by atoms with Crippen molar-refractivity contribution in [2.24, 2.45) is 35.5 Å². The Morgan fingerprint density at radius 1 is 0.576 bits per heavy atom. The maximum absolute atomic E-state index is 2.86. The molecule has 10 unspecified atom stereocenters. The van der Waals surface area contributed by atoms with Gasteiger partial charge in [0, 0.05) is 36.9 Å². The standard InChI is InChI=1S/C30H46N2Si/c1-21-19-25-23(11-9-13-27(25)31-15-5-6-16-31)29(21)33(3,4)30-22(2)20-26-24(30)12-10-14-28(26)32-17-7-8-18-32/h5-8,15-18,21-30H,9-14,19-20H2,1-4H3. The van der Waals surface area contributed by atoms with Crippen molar-refractivity contribution in [3.8, 4) is 0 Å². The molecular formula is C30H46N2Si. The van der Waals surface area contributed by atoms with Gasteiger partial charge in [-0.15, -0.1) is 0 Å². The Hall–Kier alpha value is -1.22. The number of nitrogens with zero attached hydrogens (tertiary/aromatic N) is 2. The van der Waals surface area contributed by atoms with E-state index >= 15 is 0 Å². The molecule has 4 saturated carbocycles. The van der Waals surface area contributed by atoms with Crippen LogP contribution in [0.1, 0.15) is 77.3 Å². The molecule has 0 aliphatic heterocycles. The van der Waals surface area contributed by atoms with Crippen molar-refractivity contribution < 1.29 is 0 Å². The summed E-state index contributed by atoms with van der Waals surface area (Å²) in [7, 11) is -1.43. The number of hydrogen-bond acceptors (Lipinski definition) is 0. The van der Waals surface area contributed by atoms with Gasteiger partial charge in [-0.05, 0) is 96.5 Å². The van der Waals surface area contributed by atoms with E-state index in [2.05, 4.69) is 85.1 Å². The highest BCUT2D eigenvalue weighted by atomic mass is 28.3. The first-order chi connectivity index (χ1) is 16.0. The summed E-state index contributed by atoms with van der Waals surface area (Å²) in [6, 6.07) is 10.5. The predicted molar refractivity (Wildman–Crippen MR) is 141 cm³/mol. The van der Waals surface area contributed by atoms with E-state index in [-0.39, 0.29) is 0 Å². The first-order valence-corrected chi connectivity index (χ1v) is 17.4. The molecule has 33 heavy (non-hydrogen) atoms. The van der Waals surface area contributed by atoms with Crippen LogP contribution in [0.25, 0.3) is 0 Å². The topological polar surface area (TPSA) is 9.86 Å². The van der Waals surface area contributed by atoms with Crippen molar-refractivity contribution in [3.05, 3.63) is 49.1 Å². The molecule has 4 aliphatic rings. The van der Waals surface area contributed by atoms with Gasteiger partial charge in [0.15, 0.2) is 0 Å². The van der Waals surface area contributed by atoms with Crippen LogP contribution in [0.5, 0.6) is 0 Å². The third-order valence-corrected chi connectivity index (χ3v) is 16.8. The van der Waals surface area contributed by atoms with Gasteiger partial charge in [0.1, 0.15) is 0 Å². The van der Waals surface area contributed by atoms with Gasteiger partial charge in [-0.25, -0.2) is 0 Å². The van der Waals surface area contributed by atoms with Gasteiger partial charge in [0.2, 0.25) is 0 Å². The molecule has 0 saturated heterocycles. The summed E-state index contributed by atoms with van der Waals surface area (Å²) < 4.78 is 5.16. The molecule has 2 aromatic heterocycles. The molecule has 2 nitrogen and oxygen atoms in total. The minimum atomic E-state index is -1.43. The first kappa shape index (κ1) is 22.3. The highest BCUT2D eigenvalue weighted by Gasteiger charge is 2.59. The highest BCUT2D eigenvalue weighted by Crippen LogP contribution is 2.66. The van der Waals surface area contributed by atoms with Crippen molar-refractivity contribution >= 4 is 8.07 Å². The largest absolute Gasteiger partial charge is 0.351 e. The lowest BCUT2D eigenvalue weighted by atomic mass is 9.77. The molecule has 0 radical (unpaired) electrons. The molecule has 2 heterocycles. The van der Waals surface area contributed by atoms with E-state index < -0.39 is 8.07 Å². The molecule has 4 aliphatic carbocycles. The molecule has 2 aromatic rings. The van der Waals surface area contributed by atoms with E-state index in [1.165, 1.54) is 51.4 Å². The van der Waals surface area contributed by atoms with Crippen molar-refractivity contribution in [2.75, 3.05) is 0 Å². The molecule has 4 fully saturated rings. The molecule has 3 heteroatoms. The molecule has 6 rings (SSSR count). The molecule has 0 aromatic carbocycles. The van der Waals surface area contributed by atoms with Crippen LogP contribution in [0, 0.1) is 35.5 Å². The van der Waals surface area contributed by atoms with Crippen LogP contribution >= 0.6 is 0 Å². The molecule has 0 amide bonds. The Morgan fingerprint density at radius 3 is 1.36 bits per heavy atom. The zero-order valence-electron chi connectivity index (χ0n) is 21.4. The van der Waals surface area contributed by atoms with E-state index in [0.29, 0.717) is 0 Å². The van der Waals surface area contributed by atoms with Crippen molar-refractivity contribution in [1.29, 1.82) is 0 Å². The van der Waals surface area contributed by atoms with Gasteiger partial charge in [0.05, 0.1) is 8.07 Å². The smallest absolute Gasteiger partial charge is 0.0546 e. The lowest BCUT2D eigenvalue weighted by Gasteiger charge is -2.49. The second kappa shape index (κ2) is 8.47. The summed E-state index contributed by atoms with van der Waals surface area (Å²) in [6.07, 6.45) is 21.1. The molecule has 0 N–H and O–H groups in total. The quantitative estimate of drug-likeness (QED) is 0.403. The van der Waals surface area contributed by atoms with E-state index in [9.17, 15) is 0 Å². The third-order valence-electron chi connectivity index (χ3n) is 11.3. The summed E-state index contributed by atoms with van der Waals surface area (Å²) in [6.45, 7) is 11.0. The minimum absolute atomic E-state index is 0.762. The lowest BCUT2D eigenvalue weighted by molar-refractivity contribution is 0.178. The zero-order valence-corrected chi connectivity index (χ0v) is 22.4. The highest BCUT2D eigenvalue weighted by molar-refractivity contribution is 6.80. The van der Waals surface area contributed by atoms with Gasteiger partial charge in [-0.1, -0.05) is 52.6 Å². The van der Waals surface area contributed by atoms with E-state index in [1.54, 1.807) is 0 Å². The third kappa shape index (κ3) is 3.55. The van der Waals surface area contributed by atoms with E-state index in [1.807, 2.05) is 0 Å². The maximum Gasteiger partial charge on any atom is 0.0546 e. The average molecular weight is 463 g/mol. The summed E-state index contributed by atoms with van der Waals surface area (Å²) in [4.78, 5) is 0. The van der Waals surface area contributed by atoms with Crippen LogP contribution in [0.4, 0.5) is 0 Å². The summed E-state index contributed by atoms with van der Waals surface area (Å²) in [5, 5.41) is 0. The molecule has 0 spiro atoms. The predicted octanol–water partition coefficient (Wildman–Crippen LogP) is 8.43. The normalized spacial score (nSPS) is 43.4. The van der Waals surface area contributed by atoms with Gasteiger partial charge in [-0.3, -0.25) is 0 Å². The number of hydrogen-bond donors (Lipinski definition) is 0. The molecule has 0 bridgehead atoms. The first-order valence-electron chi connectivity index (χ1n) is 14.2. The average Bonchev–Trinajstić information content (AvgIpc) is 3.56. The molecular weight excluding hydrogens is 416 g/mol. The van der Waals surface area contributed by atoms with Crippen LogP contribution in [-0.2, 0) is 0 Å².